The summed E-state index contributed by atoms with van der Waals surface area (Å²) in [5.41, 5.74) is 1.22. The minimum absolute atomic E-state index is 0.0979. The Bertz CT molecular complexity index is 926. The average Bonchev–Trinajstić information content (AvgIpc) is 2.67. The highest BCUT2D eigenvalue weighted by atomic mass is 32.2. The molecule has 8 heteroatoms. The van der Waals surface area contributed by atoms with Gasteiger partial charge in [0.15, 0.2) is 5.78 Å². The number of nitrogens with one attached hydrogen (secondary N) is 1. The maximum Gasteiger partial charge on any atom is 0.242 e. The summed E-state index contributed by atoms with van der Waals surface area (Å²) >= 11 is 0. The molecule has 150 valence electrons. The van der Waals surface area contributed by atoms with Gasteiger partial charge in [-0.3, -0.25) is 9.59 Å². The van der Waals surface area contributed by atoms with Gasteiger partial charge in [0.25, 0.3) is 0 Å². The first-order valence-corrected chi connectivity index (χ1v) is 10.2. The zero-order valence-electron chi connectivity index (χ0n) is 15.8. The van der Waals surface area contributed by atoms with Crippen molar-refractivity contribution in [2.45, 2.75) is 31.2 Å². The molecule has 0 saturated carbocycles. The molecule has 2 aromatic rings. The lowest BCUT2D eigenvalue weighted by Gasteiger charge is -2.17. The highest BCUT2D eigenvalue weighted by Crippen LogP contribution is 2.16. The van der Waals surface area contributed by atoms with Gasteiger partial charge >= 0.3 is 0 Å². The van der Waals surface area contributed by atoms with Gasteiger partial charge in [-0.2, -0.15) is 0 Å². The number of hydrogen-bond acceptors (Lipinski definition) is 4. The van der Waals surface area contributed by atoms with Gasteiger partial charge in [0.1, 0.15) is 5.82 Å². The highest BCUT2D eigenvalue weighted by Gasteiger charge is 2.20. The minimum Gasteiger partial charge on any atom is -0.352 e. The van der Waals surface area contributed by atoms with E-state index in [-0.39, 0.29) is 41.9 Å². The van der Waals surface area contributed by atoms with E-state index in [1.54, 1.807) is 12.1 Å². The number of carbonyl (C=O) groups is 2. The van der Waals surface area contributed by atoms with Crippen molar-refractivity contribution in [3.05, 3.63) is 65.5 Å². The van der Waals surface area contributed by atoms with Crippen molar-refractivity contribution in [3.63, 3.8) is 0 Å². The second kappa shape index (κ2) is 9.57. The smallest absolute Gasteiger partial charge is 0.242 e. The van der Waals surface area contributed by atoms with Crippen LogP contribution in [-0.4, -0.2) is 38.0 Å². The third-order valence-electron chi connectivity index (χ3n) is 4.25. The maximum absolute atomic E-state index is 12.8. The number of nitrogens with zero attached hydrogens (tertiary/aromatic N) is 1. The van der Waals surface area contributed by atoms with Gasteiger partial charge in [-0.05, 0) is 43.2 Å². The molecule has 0 unspecified atom stereocenters. The molecule has 0 radical (unpaired) electrons. The Hall–Kier alpha value is -2.58. The van der Waals surface area contributed by atoms with E-state index < -0.39 is 10.0 Å². The summed E-state index contributed by atoms with van der Waals surface area (Å²) < 4.78 is 39.1. The van der Waals surface area contributed by atoms with Crippen molar-refractivity contribution in [3.8, 4) is 0 Å². The standard InChI is InChI=1S/C20H23FN2O4S/c1-15(24)17-7-11-19(12-8-17)28(26,27)23(2)13-3-4-20(25)22-14-16-5-9-18(21)10-6-16/h5-12H,3-4,13-14H2,1-2H3,(H,22,25). The van der Waals surface area contributed by atoms with Crippen molar-refractivity contribution in [2.75, 3.05) is 13.6 Å². The minimum atomic E-state index is -3.68. The fraction of sp³-hybridized carbons (Fsp3) is 0.300. The number of benzene rings is 2. The van der Waals surface area contributed by atoms with E-state index in [1.165, 1.54) is 54.7 Å². The predicted octanol–water partition coefficient (Wildman–Crippen LogP) is 2.75. The summed E-state index contributed by atoms with van der Waals surface area (Å²) in [6.45, 7) is 1.88. The molecule has 1 amide bonds. The van der Waals surface area contributed by atoms with Crippen LogP contribution in [0.1, 0.15) is 35.7 Å². The van der Waals surface area contributed by atoms with Crippen LogP contribution in [0.2, 0.25) is 0 Å². The quantitative estimate of drug-likeness (QED) is 0.649. The largest absolute Gasteiger partial charge is 0.352 e. The Kier molecular flexibility index (Phi) is 7.42. The molecular formula is C20H23FN2O4S. The van der Waals surface area contributed by atoms with Gasteiger partial charge in [-0.15, -0.1) is 0 Å². The van der Waals surface area contributed by atoms with E-state index in [2.05, 4.69) is 5.32 Å². The summed E-state index contributed by atoms with van der Waals surface area (Å²) in [4.78, 5) is 23.3. The van der Waals surface area contributed by atoms with Crippen molar-refractivity contribution in [2.24, 2.45) is 0 Å². The van der Waals surface area contributed by atoms with Crippen molar-refractivity contribution in [1.82, 2.24) is 9.62 Å². The monoisotopic (exact) mass is 406 g/mol. The number of ketones is 1. The number of rotatable bonds is 9. The molecule has 0 aromatic heterocycles. The van der Waals surface area contributed by atoms with E-state index in [0.29, 0.717) is 12.0 Å². The number of Topliss-reactive ketones (excluding diaryl/α,β-unsaturated/α-hetero) is 1. The molecule has 0 saturated heterocycles. The van der Waals surface area contributed by atoms with E-state index in [9.17, 15) is 22.4 Å². The molecular weight excluding hydrogens is 383 g/mol. The van der Waals surface area contributed by atoms with Crippen molar-refractivity contribution < 1.29 is 22.4 Å². The van der Waals surface area contributed by atoms with Gasteiger partial charge in [0, 0.05) is 32.1 Å². The van der Waals surface area contributed by atoms with Crippen molar-refractivity contribution in [1.29, 1.82) is 0 Å². The van der Waals surface area contributed by atoms with Gasteiger partial charge in [0.05, 0.1) is 4.90 Å². The highest BCUT2D eigenvalue weighted by molar-refractivity contribution is 7.89. The molecule has 0 heterocycles. The zero-order chi connectivity index (χ0) is 20.7. The Morgan fingerprint density at radius 3 is 2.21 bits per heavy atom. The average molecular weight is 406 g/mol. The van der Waals surface area contributed by atoms with Crippen LogP contribution in [0.5, 0.6) is 0 Å². The molecule has 0 aliphatic heterocycles. The first kappa shape index (κ1) is 21.7. The molecule has 0 atom stereocenters. The number of amides is 1. The summed E-state index contributed by atoms with van der Waals surface area (Å²) in [6, 6.07) is 11.6. The Balaban J connectivity index is 1.81. The first-order valence-electron chi connectivity index (χ1n) is 8.78. The fourth-order valence-corrected chi connectivity index (χ4v) is 3.72. The van der Waals surface area contributed by atoms with Crippen LogP contribution in [0.3, 0.4) is 0 Å². The van der Waals surface area contributed by atoms with Crippen LogP contribution in [0.4, 0.5) is 4.39 Å². The first-order chi connectivity index (χ1) is 13.2. The van der Waals surface area contributed by atoms with Crippen LogP contribution in [0.25, 0.3) is 0 Å². The van der Waals surface area contributed by atoms with E-state index in [1.807, 2.05) is 0 Å². The van der Waals surface area contributed by atoms with Gasteiger partial charge in [-0.25, -0.2) is 17.1 Å². The van der Waals surface area contributed by atoms with Crippen LogP contribution in [0.15, 0.2) is 53.4 Å². The molecule has 0 aliphatic carbocycles. The lowest BCUT2D eigenvalue weighted by molar-refractivity contribution is -0.121. The van der Waals surface area contributed by atoms with Crippen molar-refractivity contribution >= 4 is 21.7 Å². The maximum atomic E-state index is 12.8. The molecule has 28 heavy (non-hydrogen) atoms. The van der Waals surface area contributed by atoms with Crippen LogP contribution in [-0.2, 0) is 21.4 Å². The number of hydrogen-bond donors (Lipinski definition) is 1. The summed E-state index contributed by atoms with van der Waals surface area (Å²) in [5, 5.41) is 2.72. The third-order valence-corrected chi connectivity index (χ3v) is 6.12. The van der Waals surface area contributed by atoms with Crippen LogP contribution >= 0.6 is 0 Å². The molecule has 1 N–H and O–H groups in total. The number of sulfonamides is 1. The fourth-order valence-electron chi connectivity index (χ4n) is 2.52. The van der Waals surface area contributed by atoms with Gasteiger partial charge < -0.3 is 5.32 Å². The number of halogens is 1. The molecule has 0 bridgehead atoms. The summed E-state index contributed by atoms with van der Waals surface area (Å²) in [6.07, 6.45) is 0.529. The van der Waals surface area contributed by atoms with E-state index in [4.69, 9.17) is 0 Å². The molecule has 6 nitrogen and oxygen atoms in total. The van der Waals surface area contributed by atoms with E-state index >= 15 is 0 Å². The number of carbonyl (C=O) groups excluding carboxylic acids is 2. The molecule has 2 aromatic carbocycles. The Labute approximate surface area is 164 Å². The predicted molar refractivity (Wildman–Crippen MR) is 104 cm³/mol. The Morgan fingerprint density at radius 2 is 1.64 bits per heavy atom. The lowest BCUT2D eigenvalue weighted by atomic mass is 10.2. The molecule has 0 fully saturated rings. The van der Waals surface area contributed by atoms with Gasteiger partial charge in [-0.1, -0.05) is 24.3 Å². The SMILES string of the molecule is CC(=O)c1ccc(S(=O)(=O)N(C)CCCC(=O)NCc2ccc(F)cc2)cc1. The molecule has 0 spiro atoms. The normalized spacial score (nSPS) is 11.4. The van der Waals surface area contributed by atoms with Crippen LogP contribution < -0.4 is 5.32 Å². The van der Waals surface area contributed by atoms with Gasteiger partial charge in [0.2, 0.25) is 15.9 Å². The second-order valence-corrected chi connectivity index (χ2v) is 8.46. The summed E-state index contributed by atoms with van der Waals surface area (Å²) in [5.74, 6) is -0.680. The summed E-state index contributed by atoms with van der Waals surface area (Å²) in [7, 11) is -2.23. The molecule has 2 rings (SSSR count). The zero-order valence-corrected chi connectivity index (χ0v) is 16.6. The molecule has 0 aliphatic rings. The third kappa shape index (κ3) is 5.97. The van der Waals surface area contributed by atoms with E-state index in [0.717, 1.165) is 5.56 Å². The van der Waals surface area contributed by atoms with Crippen LogP contribution in [0, 0.1) is 5.82 Å². The Morgan fingerprint density at radius 1 is 1.04 bits per heavy atom. The second-order valence-electron chi connectivity index (χ2n) is 6.41. The lowest BCUT2D eigenvalue weighted by Crippen LogP contribution is -2.29. The topological polar surface area (TPSA) is 83.6 Å².